The Morgan fingerprint density at radius 3 is 2.64 bits per heavy atom. The highest BCUT2D eigenvalue weighted by atomic mass is 19.1. The first-order chi connectivity index (χ1) is 13.7. The van der Waals surface area contributed by atoms with Crippen molar-refractivity contribution in [2.24, 2.45) is 5.92 Å². The number of hydrogen-bond donors (Lipinski definition) is 2. The van der Waals surface area contributed by atoms with Crippen LogP contribution in [-0.2, 0) is 0 Å². The van der Waals surface area contributed by atoms with Crippen LogP contribution >= 0.6 is 0 Å². The van der Waals surface area contributed by atoms with Gasteiger partial charge < -0.3 is 20.2 Å². The molecule has 2 N–H and O–H groups in total. The van der Waals surface area contributed by atoms with E-state index in [2.05, 4.69) is 32.2 Å². The summed E-state index contributed by atoms with van der Waals surface area (Å²) in [5.41, 5.74) is 2.08. The minimum Gasteiger partial charge on any atom is -0.396 e. The number of nitrogens with one attached hydrogen (secondary N) is 1. The molecule has 0 amide bonds. The van der Waals surface area contributed by atoms with Crippen LogP contribution < -0.4 is 15.1 Å². The Morgan fingerprint density at radius 2 is 1.86 bits per heavy atom. The van der Waals surface area contributed by atoms with Gasteiger partial charge in [-0.2, -0.15) is 0 Å². The predicted molar refractivity (Wildman–Crippen MR) is 112 cm³/mol. The Kier molecular flexibility index (Phi) is 5.95. The van der Waals surface area contributed by atoms with Crippen molar-refractivity contribution in [3.05, 3.63) is 48.4 Å². The number of aliphatic hydroxyl groups excluding tert-OH is 1. The van der Waals surface area contributed by atoms with Crippen molar-refractivity contribution in [2.45, 2.75) is 31.7 Å². The highest BCUT2D eigenvalue weighted by Gasteiger charge is 2.27. The normalized spacial score (nSPS) is 22.9. The maximum absolute atomic E-state index is 13.7. The number of halogens is 1. The zero-order valence-electron chi connectivity index (χ0n) is 16.2. The van der Waals surface area contributed by atoms with Crippen LogP contribution in [-0.4, -0.2) is 48.9 Å². The molecule has 5 nitrogen and oxygen atoms in total. The average molecular weight is 384 g/mol. The molecule has 2 fully saturated rings. The third-order valence-electron chi connectivity index (χ3n) is 5.79. The second-order valence-corrected chi connectivity index (χ2v) is 7.96. The molecule has 0 bridgehead atoms. The zero-order valence-corrected chi connectivity index (χ0v) is 16.2. The number of piperidine rings is 2. The molecule has 2 aromatic rings. The third-order valence-corrected chi connectivity index (χ3v) is 5.79. The highest BCUT2D eigenvalue weighted by Crippen LogP contribution is 2.27. The van der Waals surface area contributed by atoms with E-state index in [1.165, 1.54) is 31.0 Å². The highest BCUT2D eigenvalue weighted by molar-refractivity contribution is 5.55. The van der Waals surface area contributed by atoms with Crippen LogP contribution in [0.1, 0.15) is 25.7 Å². The van der Waals surface area contributed by atoms with Gasteiger partial charge in [0.15, 0.2) is 0 Å². The maximum atomic E-state index is 13.7. The molecule has 2 aliphatic rings. The minimum atomic E-state index is -0.232. The third kappa shape index (κ3) is 4.55. The standard InChI is InChI=1S/C22H29FN4O/c23-18-5-4-6-20(12-18)27-14-17(16-28)11-19(15-27)25-22-13-21(7-8-24-22)26-9-2-1-3-10-26/h4-8,12-13,17,19,28H,1-3,9-11,14-16H2,(H,24,25)/t17-,19-/m0/s1. The van der Waals surface area contributed by atoms with Crippen LogP contribution in [0.25, 0.3) is 0 Å². The van der Waals surface area contributed by atoms with Crippen LogP contribution in [0.5, 0.6) is 0 Å². The van der Waals surface area contributed by atoms with Crippen molar-refractivity contribution in [3.8, 4) is 0 Å². The smallest absolute Gasteiger partial charge is 0.128 e. The molecule has 0 aliphatic carbocycles. The van der Waals surface area contributed by atoms with Gasteiger partial charge in [-0.25, -0.2) is 9.37 Å². The molecule has 150 valence electrons. The summed E-state index contributed by atoms with van der Waals surface area (Å²) in [5, 5.41) is 13.3. The maximum Gasteiger partial charge on any atom is 0.128 e. The molecular formula is C22H29FN4O. The molecular weight excluding hydrogens is 355 g/mol. The summed E-state index contributed by atoms with van der Waals surface area (Å²) < 4.78 is 13.7. The summed E-state index contributed by atoms with van der Waals surface area (Å²) in [6.45, 7) is 3.83. The molecule has 6 heteroatoms. The topological polar surface area (TPSA) is 51.6 Å². The second kappa shape index (κ2) is 8.78. The molecule has 0 saturated carbocycles. The Balaban J connectivity index is 1.47. The largest absolute Gasteiger partial charge is 0.396 e. The fourth-order valence-corrected chi connectivity index (χ4v) is 4.38. The minimum absolute atomic E-state index is 0.130. The Hall–Kier alpha value is -2.34. The van der Waals surface area contributed by atoms with E-state index in [9.17, 15) is 9.50 Å². The van der Waals surface area contributed by atoms with Crippen LogP contribution in [0, 0.1) is 11.7 Å². The molecule has 2 atom stereocenters. The fraction of sp³-hybridized carbons (Fsp3) is 0.500. The van der Waals surface area contributed by atoms with Crippen molar-refractivity contribution in [1.29, 1.82) is 0 Å². The number of rotatable bonds is 5. The summed E-state index contributed by atoms with van der Waals surface area (Å²) in [6.07, 6.45) is 6.54. The fourth-order valence-electron chi connectivity index (χ4n) is 4.38. The Morgan fingerprint density at radius 1 is 1.04 bits per heavy atom. The predicted octanol–water partition coefficient (Wildman–Crippen LogP) is 3.51. The molecule has 3 heterocycles. The van der Waals surface area contributed by atoms with E-state index in [1.54, 1.807) is 12.1 Å². The first kappa shape index (κ1) is 19.0. The lowest BCUT2D eigenvalue weighted by atomic mass is 9.94. The molecule has 1 aromatic heterocycles. The summed E-state index contributed by atoms with van der Waals surface area (Å²) in [6, 6.07) is 11.0. The Labute approximate surface area is 166 Å². The Bertz CT molecular complexity index is 781. The van der Waals surface area contributed by atoms with Crippen molar-refractivity contribution >= 4 is 17.2 Å². The van der Waals surface area contributed by atoms with Crippen molar-refractivity contribution < 1.29 is 9.50 Å². The van der Waals surface area contributed by atoms with E-state index in [0.29, 0.717) is 0 Å². The molecule has 4 rings (SSSR count). The van der Waals surface area contributed by atoms with Gasteiger partial charge in [0.2, 0.25) is 0 Å². The second-order valence-electron chi connectivity index (χ2n) is 7.96. The van der Waals surface area contributed by atoms with E-state index in [1.807, 2.05) is 12.3 Å². The van der Waals surface area contributed by atoms with E-state index in [4.69, 9.17) is 0 Å². The van der Waals surface area contributed by atoms with Gasteiger partial charge in [-0.15, -0.1) is 0 Å². The lowest BCUT2D eigenvalue weighted by molar-refractivity contribution is 0.204. The van der Waals surface area contributed by atoms with Crippen molar-refractivity contribution in [2.75, 3.05) is 47.9 Å². The molecule has 2 saturated heterocycles. The lowest BCUT2D eigenvalue weighted by Gasteiger charge is -2.39. The van der Waals surface area contributed by atoms with Crippen molar-refractivity contribution in [1.82, 2.24) is 4.98 Å². The number of aromatic nitrogens is 1. The van der Waals surface area contributed by atoms with Gasteiger partial charge in [0.1, 0.15) is 11.6 Å². The van der Waals surface area contributed by atoms with E-state index in [-0.39, 0.29) is 24.4 Å². The van der Waals surface area contributed by atoms with E-state index < -0.39 is 0 Å². The monoisotopic (exact) mass is 384 g/mol. The van der Waals surface area contributed by atoms with E-state index >= 15 is 0 Å². The van der Waals surface area contributed by atoms with Crippen molar-refractivity contribution in [3.63, 3.8) is 0 Å². The van der Waals surface area contributed by atoms with Crippen LogP contribution in [0.3, 0.4) is 0 Å². The molecule has 1 aromatic carbocycles. The molecule has 2 aliphatic heterocycles. The first-order valence-electron chi connectivity index (χ1n) is 10.3. The quantitative estimate of drug-likeness (QED) is 0.826. The lowest BCUT2D eigenvalue weighted by Crippen LogP contribution is -2.47. The number of hydrogen-bond acceptors (Lipinski definition) is 5. The summed E-state index contributed by atoms with van der Waals surface area (Å²) >= 11 is 0. The van der Waals surface area contributed by atoms with Gasteiger partial charge in [-0.05, 0) is 49.9 Å². The van der Waals surface area contributed by atoms with Gasteiger partial charge in [-0.3, -0.25) is 0 Å². The van der Waals surface area contributed by atoms with Crippen LogP contribution in [0.4, 0.5) is 21.6 Å². The number of nitrogens with zero attached hydrogens (tertiary/aromatic N) is 3. The SMILES string of the molecule is OC[C@H]1C[C@H](Nc2cc(N3CCCCC3)ccn2)CN(c2cccc(F)c2)C1. The van der Waals surface area contributed by atoms with E-state index in [0.717, 1.165) is 44.1 Å². The number of pyridine rings is 1. The van der Waals surface area contributed by atoms with Gasteiger partial charge in [-0.1, -0.05) is 6.07 Å². The molecule has 28 heavy (non-hydrogen) atoms. The molecule has 0 spiro atoms. The van der Waals surface area contributed by atoms with Gasteiger partial charge in [0, 0.05) is 68.4 Å². The van der Waals surface area contributed by atoms with Crippen LogP contribution in [0.2, 0.25) is 0 Å². The van der Waals surface area contributed by atoms with Gasteiger partial charge in [0.05, 0.1) is 0 Å². The van der Waals surface area contributed by atoms with Gasteiger partial charge in [0.25, 0.3) is 0 Å². The number of anilines is 3. The number of aliphatic hydroxyl groups is 1. The zero-order chi connectivity index (χ0) is 19.3. The molecule has 0 radical (unpaired) electrons. The summed E-state index contributed by atoms with van der Waals surface area (Å²) in [7, 11) is 0. The summed E-state index contributed by atoms with van der Waals surface area (Å²) in [5.74, 6) is 0.787. The van der Waals surface area contributed by atoms with Crippen LogP contribution in [0.15, 0.2) is 42.6 Å². The first-order valence-corrected chi connectivity index (χ1v) is 10.3. The molecule has 0 unspecified atom stereocenters. The summed E-state index contributed by atoms with van der Waals surface area (Å²) in [4.78, 5) is 9.09. The van der Waals surface area contributed by atoms with Gasteiger partial charge >= 0.3 is 0 Å². The number of benzene rings is 1. The average Bonchev–Trinajstić information content (AvgIpc) is 2.74.